The van der Waals surface area contributed by atoms with Gasteiger partial charge in [-0.25, -0.2) is 19.2 Å². The van der Waals surface area contributed by atoms with Crippen LogP contribution in [0.15, 0.2) is 0 Å². The maximum Gasteiger partial charge on any atom is 1.00 e. The number of carbonyl (C=O) groups is 4. The molecule has 0 saturated carbocycles. The van der Waals surface area contributed by atoms with Gasteiger partial charge in [0.1, 0.15) is 0 Å². The van der Waals surface area contributed by atoms with Crippen molar-refractivity contribution in [2.45, 2.75) is 24.7 Å². The minimum absolute atomic E-state index is 0. The smallest absolute Gasteiger partial charge is 0.578 e. The van der Waals surface area contributed by atoms with E-state index in [1.54, 1.807) is 0 Å². The largest absolute Gasteiger partial charge is 1.00 e. The van der Waals surface area contributed by atoms with Crippen molar-refractivity contribution in [3.8, 4) is 0 Å². The van der Waals surface area contributed by atoms with Crippen molar-refractivity contribution >= 4 is 30.8 Å². The maximum atomic E-state index is 12.1. The van der Waals surface area contributed by atoms with Crippen molar-refractivity contribution in [1.29, 1.82) is 0 Å². The molecule has 0 heterocycles. The van der Waals surface area contributed by atoms with Crippen LogP contribution in [0.4, 0.5) is 52.7 Å². The molecule has 0 radical (unpaired) electrons. The van der Waals surface area contributed by atoms with Gasteiger partial charge in [0.15, 0.2) is 0 Å². The van der Waals surface area contributed by atoms with Crippen LogP contribution in [0.25, 0.3) is 0 Å². The Bertz CT molecular complexity index is 562. The summed E-state index contributed by atoms with van der Waals surface area (Å²) in [6.07, 6.45) is -25.6. The van der Waals surface area contributed by atoms with Gasteiger partial charge in [-0.15, -0.1) is 0 Å². The van der Waals surface area contributed by atoms with Gasteiger partial charge in [0.05, 0.1) is 0 Å². The average molecular weight is 596 g/mol. The third-order valence-electron chi connectivity index (χ3n) is 1.93. The van der Waals surface area contributed by atoms with Gasteiger partial charge >= 0.3 is 124 Å². The number of hydrogen-bond donors (Lipinski definition) is 0. The summed E-state index contributed by atoms with van der Waals surface area (Å²) in [5, 5.41) is 0. The fourth-order valence-corrected chi connectivity index (χ4v) is 0.936. The topological polar surface area (TPSA) is 105 Å². The SMILES string of the molecule is O=C(O[B-](OC(=O)C(F)(F)F)(OC(=O)C(F)(F)F)OC(=O)C(F)(F)F)C(F)(F)F.[Cs+]. The third kappa shape index (κ3) is 9.98. The molecule has 0 aromatic carbocycles. The summed E-state index contributed by atoms with van der Waals surface area (Å²) in [7, 11) is 0. The van der Waals surface area contributed by atoms with Gasteiger partial charge in [-0.3, -0.25) is 0 Å². The molecule has 0 spiro atoms. The molecule has 30 heavy (non-hydrogen) atoms. The second-order valence-electron chi connectivity index (χ2n) is 4.19. The zero-order valence-corrected chi connectivity index (χ0v) is 19.7. The van der Waals surface area contributed by atoms with Crippen LogP contribution in [0.2, 0.25) is 0 Å². The summed E-state index contributed by atoms with van der Waals surface area (Å²) in [5.41, 5.74) is 0. The second-order valence-corrected chi connectivity index (χ2v) is 4.19. The van der Waals surface area contributed by atoms with Gasteiger partial charge in [0, 0.05) is 0 Å². The molecule has 0 amide bonds. The first kappa shape index (κ1) is 31.3. The monoisotopic (exact) mass is 596 g/mol. The van der Waals surface area contributed by atoms with Crippen molar-refractivity contribution in [1.82, 2.24) is 0 Å². The zero-order chi connectivity index (χ0) is 23.6. The Kier molecular flexibility index (Phi) is 10.6. The predicted molar refractivity (Wildman–Crippen MR) is 54.3 cm³/mol. The molecule has 8 nitrogen and oxygen atoms in total. The molecule has 0 aromatic heterocycles. The summed E-state index contributed by atoms with van der Waals surface area (Å²) >= 11 is 0. The standard InChI is InChI=1S/C8BF12O8.Cs/c10-5(11,12)1(22)26-9(27-2(23)6(13,14)15,28-3(24)7(16,17)18)29-4(25)8(19,20)21;/q-1;+1. The van der Waals surface area contributed by atoms with Crippen LogP contribution < -0.4 is 68.9 Å². The average Bonchev–Trinajstić information content (AvgIpc) is 2.42. The van der Waals surface area contributed by atoms with Gasteiger partial charge in [-0.2, -0.15) is 52.7 Å². The first-order valence-electron chi connectivity index (χ1n) is 5.84. The first-order valence-corrected chi connectivity index (χ1v) is 5.84. The van der Waals surface area contributed by atoms with Crippen LogP contribution in [0.3, 0.4) is 0 Å². The van der Waals surface area contributed by atoms with Gasteiger partial charge in [-0.1, -0.05) is 0 Å². The maximum absolute atomic E-state index is 12.1. The molecule has 168 valence electrons. The van der Waals surface area contributed by atoms with Crippen molar-refractivity contribution < 1.29 is 159 Å². The van der Waals surface area contributed by atoms with E-state index in [1.165, 1.54) is 0 Å². The van der Waals surface area contributed by atoms with Gasteiger partial charge in [0.25, 0.3) is 0 Å². The molecule has 0 aliphatic carbocycles. The predicted octanol–water partition coefficient (Wildman–Crippen LogP) is -1.15. The summed E-state index contributed by atoms with van der Waals surface area (Å²) in [6, 6.07) is 0. The van der Waals surface area contributed by atoms with E-state index in [4.69, 9.17) is 0 Å². The molecule has 0 bridgehead atoms. The van der Waals surface area contributed by atoms with Gasteiger partial charge in [0.2, 0.25) is 0 Å². The summed E-state index contributed by atoms with van der Waals surface area (Å²) in [5.74, 6) is -15.9. The minimum Gasteiger partial charge on any atom is -0.578 e. The Labute approximate surface area is 212 Å². The molecule has 0 N–H and O–H groups in total. The number of rotatable bonds is 4. The Morgan fingerprint density at radius 2 is 0.567 bits per heavy atom. The molecule has 0 aromatic rings. The Balaban J connectivity index is 0. The van der Waals surface area contributed by atoms with Crippen LogP contribution in [-0.4, -0.2) is 55.5 Å². The summed E-state index contributed by atoms with van der Waals surface area (Å²) in [6.45, 7) is -6.72. The van der Waals surface area contributed by atoms with E-state index < -0.39 is 55.5 Å². The molecule has 0 aliphatic rings. The quantitative estimate of drug-likeness (QED) is 0.297. The summed E-state index contributed by atoms with van der Waals surface area (Å²) < 4.78 is 156. The van der Waals surface area contributed by atoms with E-state index in [-0.39, 0.29) is 68.9 Å². The normalized spacial score (nSPS) is 12.9. The van der Waals surface area contributed by atoms with E-state index >= 15 is 0 Å². The zero-order valence-electron chi connectivity index (χ0n) is 13.4. The molecule has 22 heteroatoms. The van der Waals surface area contributed by atoms with Crippen LogP contribution >= 0.6 is 0 Å². The third-order valence-corrected chi connectivity index (χ3v) is 1.93. The Morgan fingerprint density at radius 1 is 0.433 bits per heavy atom. The second kappa shape index (κ2) is 10.2. The van der Waals surface area contributed by atoms with Crippen LogP contribution in [0.5, 0.6) is 0 Å². The summed E-state index contributed by atoms with van der Waals surface area (Å²) in [4.78, 5) is 42.5. The Morgan fingerprint density at radius 3 is 0.667 bits per heavy atom. The molecular formula is C8BCsF12O8. The molecule has 0 aliphatic heterocycles. The number of alkyl halides is 12. The minimum atomic E-state index is -6.72. The van der Waals surface area contributed by atoms with E-state index in [9.17, 15) is 71.9 Å². The van der Waals surface area contributed by atoms with E-state index in [2.05, 4.69) is 18.6 Å². The van der Waals surface area contributed by atoms with E-state index in [0.29, 0.717) is 0 Å². The van der Waals surface area contributed by atoms with Crippen molar-refractivity contribution in [3.63, 3.8) is 0 Å². The molecule has 0 fully saturated rings. The molecule has 0 saturated heterocycles. The van der Waals surface area contributed by atoms with Gasteiger partial charge < -0.3 is 18.6 Å². The molecular weight excluding hydrogens is 596 g/mol. The van der Waals surface area contributed by atoms with Gasteiger partial charge in [-0.05, 0) is 0 Å². The molecule has 0 atom stereocenters. The fourth-order valence-electron chi connectivity index (χ4n) is 0.936. The van der Waals surface area contributed by atoms with Crippen molar-refractivity contribution in [2.75, 3.05) is 0 Å². The van der Waals surface area contributed by atoms with E-state index in [0.717, 1.165) is 0 Å². The van der Waals surface area contributed by atoms with E-state index in [1.807, 2.05) is 0 Å². The Hall–Kier alpha value is -0.843. The molecule has 0 unspecified atom stereocenters. The van der Waals surface area contributed by atoms with Crippen LogP contribution in [0, 0.1) is 0 Å². The molecule has 0 rings (SSSR count). The number of hydrogen-bond acceptors (Lipinski definition) is 8. The van der Waals surface area contributed by atoms with Crippen LogP contribution in [-0.2, 0) is 37.8 Å². The number of carbonyl (C=O) groups excluding carboxylic acids is 4. The first-order chi connectivity index (χ1) is 12.5. The van der Waals surface area contributed by atoms with Crippen molar-refractivity contribution in [2.24, 2.45) is 0 Å². The number of halogens is 12. The van der Waals surface area contributed by atoms with Crippen LogP contribution in [0.1, 0.15) is 0 Å². The fraction of sp³-hybridized carbons (Fsp3) is 0.500. The van der Waals surface area contributed by atoms with Crippen molar-refractivity contribution in [3.05, 3.63) is 0 Å².